The Morgan fingerprint density at radius 1 is 1.25 bits per heavy atom. The molecule has 0 aromatic heterocycles. The summed E-state index contributed by atoms with van der Waals surface area (Å²) in [4.78, 5) is 0. The molecule has 0 fully saturated rings. The van der Waals surface area contributed by atoms with Gasteiger partial charge >= 0.3 is 0 Å². The molecule has 0 unspecified atom stereocenters. The predicted molar refractivity (Wildman–Crippen MR) is 54.5 cm³/mol. The van der Waals surface area contributed by atoms with Crippen LogP contribution in [0.25, 0.3) is 0 Å². The quantitative estimate of drug-likeness (QED) is 0.714. The van der Waals surface area contributed by atoms with Gasteiger partial charge in [0.05, 0.1) is 0 Å². The minimum absolute atomic E-state index is 0.633. The topological polar surface area (TPSA) is 61.3 Å². The van der Waals surface area contributed by atoms with Crippen LogP contribution >= 0.6 is 6.57 Å². The number of rotatable bonds is 2. The van der Waals surface area contributed by atoms with Gasteiger partial charge in [-0.3, -0.25) is 11.0 Å². The van der Waals surface area contributed by atoms with Crippen molar-refractivity contribution in [3.05, 3.63) is 29.8 Å². The molecule has 0 saturated carbocycles. The van der Waals surface area contributed by atoms with Gasteiger partial charge in [0.2, 0.25) is 6.57 Å². The lowest BCUT2D eigenvalue weighted by molar-refractivity contribution is 0.612. The first-order valence-electron chi connectivity index (χ1n) is 3.41. The van der Waals surface area contributed by atoms with Gasteiger partial charge in [0.25, 0.3) is 0 Å². The van der Waals surface area contributed by atoms with E-state index in [1.807, 2.05) is 19.1 Å². The van der Waals surface area contributed by atoms with Crippen molar-refractivity contribution >= 4 is 18.4 Å². The van der Waals surface area contributed by atoms with E-state index in [2.05, 4.69) is 0 Å². The Balaban J connectivity index is 2.78. The Labute approximate surface area is 76.9 Å². The van der Waals surface area contributed by atoms with Crippen molar-refractivity contribution in [3.8, 4) is 5.75 Å². The fourth-order valence-corrected chi connectivity index (χ4v) is 1.47. The maximum absolute atomic E-state index is 5.39. The minimum atomic E-state index is -2.57. The van der Waals surface area contributed by atoms with Crippen LogP contribution in [0.3, 0.4) is 0 Å². The summed E-state index contributed by atoms with van der Waals surface area (Å²) in [5.41, 5.74) is 11.9. The minimum Gasteiger partial charge on any atom is -0.441 e. The third-order valence-electron chi connectivity index (χ3n) is 1.27. The summed E-state index contributed by atoms with van der Waals surface area (Å²) in [5.74, 6) is 0.633. The maximum atomic E-state index is 5.39. The first-order valence-corrected chi connectivity index (χ1v) is 6.27. The van der Waals surface area contributed by atoms with Crippen LogP contribution in [0.5, 0.6) is 5.75 Å². The highest BCUT2D eigenvalue weighted by Crippen LogP contribution is 2.30. The Morgan fingerprint density at radius 3 is 2.17 bits per heavy atom. The number of hydrogen-bond donors (Lipinski definition) is 2. The van der Waals surface area contributed by atoms with Crippen LogP contribution in [0.15, 0.2) is 24.3 Å². The summed E-state index contributed by atoms with van der Waals surface area (Å²) in [6, 6.07) is 7.44. The number of benzene rings is 1. The van der Waals surface area contributed by atoms with Gasteiger partial charge in [-0.2, -0.15) is 0 Å². The van der Waals surface area contributed by atoms with Crippen molar-refractivity contribution in [3.63, 3.8) is 0 Å². The molecule has 0 bridgehead atoms. The summed E-state index contributed by atoms with van der Waals surface area (Å²) in [6.07, 6.45) is 0. The van der Waals surface area contributed by atoms with Crippen LogP contribution in [-0.4, -0.2) is 0 Å². The van der Waals surface area contributed by atoms with Crippen molar-refractivity contribution in [1.82, 2.24) is 0 Å². The second-order valence-electron chi connectivity index (χ2n) is 2.55. The molecule has 3 nitrogen and oxygen atoms in total. The van der Waals surface area contributed by atoms with E-state index in [1.165, 1.54) is 0 Å². The van der Waals surface area contributed by atoms with Gasteiger partial charge in [0, 0.05) is 0 Å². The molecule has 0 aliphatic heterocycles. The van der Waals surface area contributed by atoms with Gasteiger partial charge in [-0.25, -0.2) is 0 Å². The monoisotopic (exact) mass is 202 g/mol. The Kier molecular flexibility index (Phi) is 2.85. The highest BCUT2D eigenvalue weighted by molar-refractivity contribution is 8.10. The molecule has 0 amide bonds. The van der Waals surface area contributed by atoms with Crippen LogP contribution in [0.2, 0.25) is 0 Å². The summed E-state index contributed by atoms with van der Waals surface area (Å²) in [7, 11) is 0. The largest absolute Gasteiger partial charge is 0.441 e. The lowest BCUT2D eigenvalue weighted by Gasteiger charge is -2.12. The average molecular weight is 202 g/mol. The zero-order valence-electron chi connectivity index (χ0n) is 6.73. The van der Waals surface area contributed by atoms with E-state index in [9.17, 15) is 0 Å². The standard InChI is InChI=1S/C7H11N2OPS/c1-6-2-4-7(5-3-6)10-11(8,9)12/h2-5H,1H3,(H4,8,9,12). The zero-order valence-corrected chi connectivity index (χ0v) is 8.44. The van der Waals surface area contributed by atoms with Crippen LogP contribution in [-0.2, 0) is 11.8 Å². The van der Waals surface area contributed by atoms with Gasteiger partial charge in [-0.05, 0) is 30.9 Å². The first-order chi connectivity index (χ1) is 5.47. The van der Waals surface area contributed by atoms with Crippen LogP contribution in [0.4, 0.5) is 0 Å². The van der Waals surface area contributed by atoms with Crippen molar-refractivity contribution in [2.24, 2.45) is 11.0 Å². The summed E-state index contributed by atoms with van der Waals surface area (Å²) < 4.78 is 5.14. The summed E-state index contributed by atoms with van der Waals surface area (Å²) in [5, 5.41) is 0. The molecular formula is C7H11N2OPS. The van der Waals surface area contributed by atoms with Crippen LogP contribution in [0.1, 0.15) is 5.56 Å². The molecule has 0 heterocycles. The van der Waals surface area contributed by atoms with Gasteiger partial charge in [0.15, 0.2) is 0 Å². The molecule has 5 heteroatoms. The number of aryl methyl sites for hydroxylation is 1. The Hall–Kier alpha value is -0.410. The predicted octanol–water partition coefficient (Wildman–Crippen LogP) is 1.52. The lowest BCUT2D eigenvalue weighted by Crippen LogP contribution is -2.10. The fraction of sp³-hybridized carbons (Fsp3) is 0.143. The van der Waals surface area contributed by atoms with Crippen LogP contribution < -0.4 is 15.5 Å². The molecule has 4 N–H and O–H groups in total. The molecule has 1 aromatic carbocycles. The molecule has 0 saturated heterocycles. The zero-order chi connectivity index (χ0) is 9.19. The Morgan fingerprint density at radius 2 is 1.75 bits per heavy atom. The molecular weight excluding hydrogens is 191 g/mol. The van der Waals surface area contributed by atoms with Gasteiger partial charge < -0.3 is 4.52 Å². The smallest absolute Gasteiger partial charge is 0.242 e. The SMILES string of the molecule is Cc1ccc(OP(N)(N)=S)cc1. The average Bonchev–Trinajstić information content (AvgIpc) is 1.91. The van der Waals surface area contributed by atoms with Crippen molar-refractivity contribution in [2.75, 3.05) is 0 Å². The van der Waals surface area contributed by atoms with Gasteiger partial charge in [-0.1, -0.05) is 17.7 Å². The normalized spacial score (nSPS) is 11.2. The highest BCUT2D eigenvalue weighted by Gasteiger charge is 2.04. The third-order valence-corrected chi connectivity index (χ3v) is 1.99. The van der Waals surface area contributed by atoms with E-state index in [4.69, 9.17) is 27.3 Å². The fourth-order valence-electron chi connectivity index (χ4n) is 0.764. The Bertz CT molecular complexity index is 306. The third kappa shape index (κ3) is 3.32. The maximum Gasteiger partial charge on any atom is 0.242 e. The van der Waals surface area contributed by atoms with Crippen molar-refractivity contribution in [1.29, 1.82) is 0 Å². The van der Waals surface area contributed by atoms with E-state index in [1.54, 1.807) is 12.1 Å². The number of nitrogens with two attached hydrogens (primary N) is 2. The first kappa shape index (κ1) is 9.68. The molecule has 0 radical (unpaired) electrons. The van der Waals surface area contributed by atoms with Gasteiger partial charge in [0.1, 0.15) is 5.75 Å². The summed E-state index contributed by atoms with van der Waals surface area (Å²) in [6.45, 7) is -0.579. The van der Waals surface area contributed by atoms with E-state index >= 15 is 0 Å². The van der Waals surface area contributed by atoms with E-state index in [-0.39, 0.29) is 0 Å². The number of hydrogen-bond acceptors (Lipinski definition) is 2. The molecule has 0 aliphatic rings. The highest BCUT2D eigenvalue weighted by atomic mass is 32.4. The lowest BCUT2D eigenvalue weighted by atomic mass is 10.2. The summed E-state index contributed by atoms with van der Waals surface area (Å²) >= 11 is 4.74. The van der Waals surface area contributed by atoms with Crippen molar-refractivity contribution in [2.45, 2.75) is 6.92 Å². The van der Waals surface area contributed by atoms with E-state index in [0.717, 1.165) is 5.56 Å². The molecule has 12 heavy (non-hydrogen) atoms. The molecule has 1 aromatic rings. The molecule has 1 rings (SSSR count). The molecule has 0 spiro atoms. The van der Waals surface area contributed by atoms with Gasteiger partial charge in [-0.15, -0.1) is 0 Å². The molecule has 0 aliphatic carbocycles. The molecule has 0 atom stereocenters. The van der Waals surface area contributed by atoms with E-state index in [0.29, 0.717) is 5.75 Å². The second-order valence-corrected chi connectivity index (χ2v) is 5.73. The van der Waals surface area contributed by atoms with E-state index < -0.39 is 6.57 Å². The van der Waals surface area contributed by atoms with Crippen molar-refractivity contribution < 1.29 is 4.52 Å². The molecule has 66 valence electrons. The second kappa shape index (κ2) is 3.54. The van der Waals surface area contributed by atoms with Crippen LogP contribution in [0, 0.1) is 6.92 Å².